The fraction of sp³-hybridized carbons (Fsp3) is 0.100. The van der Waals surface area contributed by atoms with Gasteiger partial charge in [0.05, 0.1) is 15.9 Å². The Bertz CT molecular complexity index is 1200. The van der Waals surface area contributed by atoms with Crippen LogP contribution in [0.1, 0.15) is 21.2 Å². The number of esters is 1. The quantitative estimate of drug-likeness (QED) is 0.471. The van der Waals surface area contributed by atoms with Gasteiger partial charge in [-0.2, -0.15) is 5.10 Å². The van der Waals surface area contributed by atoms with E-state index in [0.717, 1.165) is 10.2 Å². The van der Waals surface area contributed by atoms with Gasteiger partial charge in [0.1, 0.15) is 11.6 Å². The molecular weight excluding hydrogens is 398 g/mol. The van der Waals surface area contributed by atoms with Gasteiger partial charge in [0.15, 0.2) is 0 Å². The first-order valence-electron chi connectivity index (χ1n) is 8.40. The molecule has 28 heavy (non-hydrogen) atoms. The van der Waals surface area contributed by atoms with Crippen LogP contribution in [-0.2, 0) is 11.3 Å². The zero-order valence-corrected chi connectivity index (χ0v) is 16.3. The van der Waals surface area contributed by atoms with Crippen molar-refractivity contribution in [2.24, 2.45) is 0 Å². The first kappa shape index (κ1) is 18.3. The molecule has 140 valence electrons. The van der Waals surface area contributed by atoms with Crippen molar-refractivity contribution in [3.05, 3.63) is 86.2 Å². The van der Waals surface area contributed by atoms with Gasteiger partial charge >= 0.3 is 5.97 Å². The lowest BCUT2D eigenvalue weighted by Gasteiger charge is -2.11. The van der Waals surface area contributed by atoms with Crippen LogP contribution < -0.4 is 5.43 Å². The number of halogens is 1. The number of carbonyl (C=O) groups is 1. The molecule has 4 rings (SSSR count). The second kappa shape index (κ2) is 7.53. The number of aromatic nitrogens is 3. The molecule has 0 N–H and O–H groups in total. The van der Waals surface area contributed by atoms with Crippen molar-refractivity contribution in [3.63, 3.8) is 0 Å². The van der Waals surface area contributed by atoms with Crippen molar-refractivity contribution in [1.82, 2.24) is 14.8 Å². The second-order valence-electron chi connectivity index (χ2n) is 6.04. The highest BCUT2D eigenvalue weighted by Crippen LogP contribution is 2.22. The van der Waals surface area contributed by atoms with E-state index in [9.17, 15) is 9.59 Å². The van der Waals surface area contributed by atoms with Gasteiger partial charge in [-0.15, -0.1) is 11.3 Å². The number of aryl methyl sites for hydroxylation is 1. The molecule has 0 bridgehead atoms. The van der Waals surface area contributed by atoms with Gasteiger partial charge in [-0.25, -0.2) is 14.5 Å². The zero-order chi connectivity index (χ0) is 19.7. The standard InChI is InChI=1S/C20H14ClN3O3S/c1-12-10-16(25)19(23-24(12)14-8-6-13(21)7-9-14)20(26)27-11-18-22-15-4-2-3-5-17(15)28-18/h2-10H,11H2,1H3. The predicted octanol–water partition coefficient (Wildman–Crippen LogP) is 4.16. The van der Waals surface area contributed by atoms with Crippen molar-refractivity contribution in [1.29, 1.82) is 0 Å². The fourth-order valence-electron chi connectivity index (χ4n) is 2.71. The van der Waals surface area contributed by atoms with Crippen LogP contribution in [0.4, 0.5) is 0 Å². The van der Waals surface area contributed by atoms with Gasteiger partial charge in [0, 0.05) is 16.8 Å². The van der Waals surface area contributed by atoms with E-state index in [1.165, 1.54) is 22.1 Å². The SMILES string of the molecule is Cc1cc(=O)c(C(=O)OCc2nc3ccccc3s2)nn1-c1ccc(Cl)cc1. The Morgan fingerprint density at radius 1 is 1.18 bits per heavy atom. The van der Waals surface area contributed by atoms with E-state index in [0.29, 0.717) is 21.4 Å². The molecule has 0 unspecified atom stereocenters. The number of benzene rings is 2. The molecule has 0 saturated heterocycles. The first-order chi connectivity index (χ1) is 13.5. The molecule has 2 aromatic carbocycles. The summed E-state index contributed by atoms with van der Waals surface area (Å²) < 4.78 is 7.80. The van der Waals surface area contributed by atoms with E-state index in [1.807, 2.05) is 24.3 Å². The summed E-state index contributed by atoms with van der Waals surface area (Å²) >= 11 is 7.35. The van der Waals surface area contributed by atoms with Crippen LogP contribution >= 0.6 is 22.9 Å². The maximum Gasteiger partial charge on any atom is 0.363 e. The number of hydrogen-bond acceptors (Lipinski definition) is 6. The minimum absolute atomic E-state index is 0.0197. The molecule has 0 radical (unpaired) electrons. The Labute approximate surface area is 169 Å². The summed E-state index contributed by atoms with van der Waals surface area (Å²) in [7, 11) is 0. The second-order valence-corrected chi connectivity index (χ2v) is 7.59. The van der Waals surface area contributed by atoms with Crippen LogP contribution in [0.15, 0.2) is 59.4 Å². The molecule has 4 aromatic rings. The third-order valence-corrected chi connectivity index (χ3v) is 5.30. The van der Waals surface area contributed by atoms with Crippen LogP contribution in [0, 0.1) is 6.92 Å². The molecule has 2 heterocycles. The number of nitrogens with zero attached hydrogens (tertiary/aromatic N) is 3. The third-order valence-electron chi connectivity index (χ3n) is 4.04. The Kier molecular flexibility index (Phi) is 4.93. The fourth-order valence-corrected chi connectivity index (χ4v) is 3.72. The minimum atomic E-state index is -0.785. The lowest BCUT2D eigenvalue weighted by atomic mass is 10.3. The number of para-hydroxylation sites is 1. The number of ether oxygens (including phenoxy) is 1. The largest absolute Gasteiger partial charge is 0.453 e. The number of thiazole rings is 1. The van der Waals surface area contributed by atoms with Gasteiger partial charge in [0.2, 0.25) is 11.1 Å². The summed E-state index contributed by atoms with van der Waals surface area (Å²) in [6.07, 6.45) is 0. The van der Waals surface area contributed by atoms with Gasteiger partial charge < -0.3 is 4.74 Å². The molecule has 0 aliphatic heterocycles. The highest BCUT2D eigenvalue weighted by Gasteiger charge is 2.18. The van der Waals surface area contributed by atoms with E-state index >= 15 is 0 Å². The lowest BCUT2D eigenvalue weighted by Crippen LogP contribution is -2.24. The molecule has 6 nitrogen and oxygen atoms in total. The van der Waals surface area contributed by atoms with E-state index in [1.54, 1.807) is 31.2 Å². The van der Waals surface area contributed by atoms with Gasteiger partial charge in [-0.1, -0.05) is 23.7 Å². The van der Waals surface area contributed by atoms with Crippen molar-refractivity contribution in [2.45, 2.75) is 13.5 Å². The van der Waals surface area contributed by atoms with Crippen LogP contribution in [-0.4, -0.2) is 20.7 Å². The summed E-state index contributed by atoms with van der Waals surface area (Å²) in [4.78, 5) is 29.1. The average Bonchev–Trinajstić information content (AvgIpc) is 3.10. The molecule has 0 aliphatic carbocycles. The van der Waals surface area contributed by atoms with E-state index < -0.39 is 11.4 Å². The van der Waals surface area contributed by atoms with Gasteiger partial charge in [-0.05, 0) is 43.3 Å². The van der Waals surface area contributed by atoms with Crippen LogP contribution in [0.2, 0.25) is 5.02 Å². The smallest absolute Gasteiger partial charge is 0.363 e. The maximum absolute atomic E-state index is 12.5. The summed E-state index contributed by atoms with van der Waals surface area (Å²) in [6.45, 7) is 1.72. The summed E-state index contributed by atoms with van der Waals surface area (Å²) in [5.41, 5.74) is 1.35. The van der Waals surface area contributed by atoms with E-state index in [2.05, 4.69) is 10.1 Å². The van der Waals surface area contributed by atoms with Crippen LogP contribution in [0.25, 0.3) is 15.9 Å². The zero-order valence-electron chi connectivity index (χ0n) is 14.8. The van der Waals surface area contributed by atoms with Gasteiger partial charge in [-0.3, -0.25) is 4.79 Å². The van der Waals surface area contributed by atoms with Crippen molar-refractivity contribution in [2.75, 3.05) is 0 Å². The Morgan fingerprint density at radius 3 is 2.68 bits per heavy atom. The number of rotatable bonds is 4. The summed E-state index contributed by atoms with van der Waals surface area (Å²) in [5.74, 6) is -0.785. The minimum Gasteiger partial charge on any atom is -0.453 e. The van der Waals surface area contributed by atoms with Crippen molar-refractivity contribution >= 4 is 39.1 Å². The molecule has 0 amide bonds. The van der Waals surface area contributed by atoms with Crippen molar-refractivity contribution < 1.29 is 9.53 Å². The third kappa shape index (κ3) is 3.67. The highest BCUT2D eigenvalue weighted by molar-refractivity contribution is 7.18. The molecule has 0 spiro atoms. The predicted molar refractivity (Wildman–Crippen MR) is 108 cm³/mol. The Hall–Kier alpha value is -3.03. The van der Waals surface area contributed by atoms with E-state index in [-0.39, 0.29) is 12.3 Å². The molecule has 0 aliphatic rings. The summed E-state index contributed by atoms with van der Waals surface area (Å²) in [6, 6.07) is 15.9. The maximum atomic E-state index is 12.5. The average molecular weight is 412 g/mol. The van der Waals surface area contributed by atoms with E-state index in [4.69, 9.17) is 16.3 Å². The molecule has 2 aromatic heterocycles. The molecular formula is C20H14ClN3O3S. The first-order valence-corrected chi connectivity index (χ1v) is 9.59. The summed E-state index contributed by atoms with van der Waals surface area (Å²) in [5, 5.41) is 5.43. The Morgan fingerprint density at radius 2 is 1.93 bits per heavy atom. The monoisotopic (exact) mass is 411 g/mol. The molecule has 8 heteroatoms. The molecule has 0 fully saturated rings. The van der Waals surface area contributed by atoms with Crippen molar-refractivity contribution in [3.8, 4) is 5.69 Å². The highest BCUT2D eigenvalue weighted by atomic mass is 35.5. The molecule has 0 atom stereocenters. The number of hydrogen-bond donors (Lipinski definition) is 0. The van der Waals surface area contributed by atoms with Crippen LogP contribution in [0.3, 0.4) is 0 Å². The topological polar surface area (TPSA) is 74.1 Å². The molecule has 0 saturated carbocycles. The van der Waals surface area contributed by atoms with Crippen LogP contribution in [0.5, 0.6) is 0 Å². The number of fused-ring (bicyclic) bond motifs is 1. The lowest BCUT2D eigenvalue weighted by molar-refractivity contribution is 0.0461. The number of carbonyl (C=O) groups excluding carboxylic acids is 1. The van der Waals surface area contributed by atoms with Gasteiger partial charge in [0.25, 0.3) is 0 Å². The normalized spacial score (nSPS) is 10.9. The Balaban J connectivity index is 1.59.